The number of hydrogen-bond donors (Lipinski definition) is 0. The van der Waals surface area contributed by atoms with Crippen LogP contribution in [0.1, 0.15) is 59.9 Å². The van der Waals surface area contributed by atoms with Crippen molar-refractivity contribution in [3.05, 3.63) is 137 Å². The number of alkyl halides is 3. The molecular weight excluding hydrogens is 945 g/mol. The Morgan fingerprint density at radius 1 is 0.714 bits per heavy atom. The molecule has 0 amide bonds. The van der Waals surface area contributed by atoms with Crippen molar-refractivity contribution < 1.29 is 61.2 Å². The van der Waals surface area contributed by atoms with Gasteiger partial charge in [0.2, 0.25) is 0 Å². The molecule has 0 radical (unpaired) electrons. The summed E-state index contributed by atoms with van der Waals surface area (Å²) in [5.74, 6) is 0. The predicted octanol–water partition coefficient (Wildman–Crippen LogP) is 10.3. The quantitative estimate of drug-likeness (QED) is 0.0151. The van der Waals surface area contributed by atoms with Gasteiger partial charge in [0.05, 0.1) is 47.3 Å². The monoisotopic (exact) mass is 981 g/mol. The summed E-state index contributed by atoms with van der Waals surface area (Å²) in [6.07, 6.45) is 14.9. The van der Waals surface area contributed by atoms with E-state index in [1.807, 2.05) is 6.07 Å². The molecule has 0 spiro atoms. The SMILES string of the molecule is CCCCCCc1ccc(-c2ccnc(-c3cc(C(F)(F)F)n[n-]3)c2)s1.O=CO/C=C/c1ccnc(-c2cc(/C=C/OC=O)cc(-c3cc(/C=C/OC=O)ccn3)n2)c1.[N-]=C=S.[Ru+2]. The maximum atomic E-state index is 12.7. The maximum absolute atomic E-state index is 12.7. The van der Waals surface area contributed by atoms with Crippen LogP contribution in [0.5, 0.6) is 0 Å². The molecule has 0 unspecified atom stereocenters. The Morgan fingerprint density at radius 2 is 1.24 bits per heavy atom. The van der Waals surface area contributed by atoms with Crippen LogP contribution in [0.3, 0.4) is 0 Å². The molecule has 0 fully saturated rings. The van der Waals surface area contributed by atoms with Crippen molar-refractivity contribution in [3.63, 3.8) is 0 Å². The Bertz CT molecular complexity index is 2440. The zero-order chi connectivity index (χ0) is 44.6. The summed E-state index contributed by atoms with van der Waals surface area (Å²) >= 11 is 5.41. The molecule has 0 aliphatic heterocycles. The minimum atomic E-state index is -4.50. The number of nitrogens with zero attached hydrogens (tertiary/aromatic N) is 7. The fourth-order valence-corrected chi connectivity index (χ4v) is 6.46. The zero-order valence-electron chi connectivity index (χ0n) is 33.2. The van der Waals surface area contributed by atoms with Crippen LogP contribution >= 0.6 is 23.6 Å². The van der Waals surface area contributed by atoms with Gasteiger partial charge in [0.1, 0.15) is 5.69 Å². The van der Waals surface area contributed by atoms with E-state index in [-0.39, 0.29) is 25.2 Å². The van der Waals surface area contributed by atoms with Gasteiger partial charge < -0.3 is 29.8 Å². The van der Waals surface area contributed by atoms with Gasteiger partial charge in [0.25, 0.3) is 19.4 Å². The number of ether oxygens (including phenoxy) is 3. The van der Waals surface area contributed by atoms with E-state index in [0.717, 1.165) is 34.1 Å². The van der Waals surface area contributed by atoms with Crippen LogP contribution in [0.2, 0.25) is 0 Å². The fraction of sp³-hybridized carbons (Fsp3) is 0.159. The number of carbonyl (C=O) groups is 3. The number of pyridine rings is 4. The van der Waals surface area contributed by atoms with Gasteiger partial charge in [-0.25, -0.2) is 4.98 Å². The van der Waals surface area contributed by atoms with E-state index in [1.54, 1.807) is 90.6 Å². The normalized spacial score (nSPS) is 10.8. The van der Waals surface area contributed by atoms with E-state index < -0.39 is 11.9 Å². The van der Waals surface area contributed by atoms with Gasteiger partial charge in [0.15, 0.2) is 0 Å². The van der Waals surface area contributed by atoms with Crippen molar-refractivity contribution >= 4 is 66.4 Å². The number of isothiocyanates is 1. The molecule has 0 saturated carbocycles. The summed E-state index contributed by atoms with van der Waals surface area (Å²) in [6, 6.07) is 19.3. The van der Waals surface area contributed by atoms with Crippen LogP contribution in [-0.4, -0.2) is 49.6 Å². The van der Waals surface area contributed by atoms with Crippen LogP contribution in [0.25, 0.3) is 68.2 Å². The standard InChI is InChI=1S/C24H17N3O6.C19H19F3N3S.CNS.Ru/c28-15-31-8-3-18-1-6-25-21(11-18)23-13-20(5-10-33-17-30)14-24(27-23)22-12-19(2-7-26-22)4-9-32-16-29;1-2-3-4-5-6-14-7-8-17(26-14)13-9-10-23-15(11-13)16-12-18(25-24-16)19(20,21)22;2-1-3;/h1-17H;7-12H,2-6H2,1H3;;/q;2*-1;+2/b8-3+,9-4+,10-5+;;;. The van der Waals surface area contributed by atoms with E-state index in [1.165, 1.54) is 54.5 Å². The molecule has 13 nitrogen and oxygen atoms in total. The summed E-state index contributed by atoms with van der Waals surface area (Å²) in [7, 11) is 0. The van der Waals surface area contributed by atoms with Crippen LogP contribution in [-0.2, 0) is 60.7 Å². The predicted molar refractivity (Wildman–Crippen MR) is 232 cm³/mol. The number of aryl methyl sites for hydroxylation is 1. The molecule has 19 heteroatoms. The molecule has 0 saturated heterocycles. The van der Waals surface area contributed by atoms with E-state index >= 15 is 0 Å². The number of aromatic nitrogens is 6. The van der Waals surface area contributed by atoms with Gasteiger partial charge in [-0.1, -0.05) is 44.1 Å². The van der Waals surface area contributed by atoms with Gasteiger partial charge in [-0.3, -0.25) is 29.3 Å². The molecule has 0 aliphatic carbocycles. The van der Waals surface area contributed by atoms with Crippen molar-refractivity contribution in [1.82, 2.24) is 30.1 Å². The summed E-state index contributed by atoms with van der Waals surface area (Å²) in [4.78, 5) is 51.1. The molecule has 0 atom stereocenters. The summed E-state index contributed by atoms with van der Waals surface area (Å²) in [6.45, 7) is 3.16. The number of thiocarbonyl (C=S) groups is 1. The number of carbonyl (C=O) groups excluding carboxylic acids is 3. The fourth-order valence-electron chi connectivity index (χ4n) is 5.42. The second kappa shape index (κ2) is 27.3. The van der Waals surface area contributed by atoms with E-state index in [0.29, 0.717) is 53.4 Å². The van der Waals surface area contributed by atoms with Gasteiger partial charge >= 0.3 is 25.7 Å². The Hall–Kier alpha value is -6.65. The first-order valence-corrected chi connectivity index (χ1v) is 19.7. The molecule has 63 heavy (non-hydrogen) atoms. The molecular formula is C44H36F3N7O6RuS2. The molecule has 0 N–H and O–H groups in total. The number of thiophene rings is 1. The van der Waals surface area contributed by atoms with E-state index in [2.05, 4.69) is 75.6 Å². The van der Waals surface area contributed by atoms with Crippen molar-refractivity contribution in [2.24, 2.45) is 0 Å². The number of unbranched alkanes of at least 4 members (excludes halogenated alkanes) is 3. The second-order valence-electron chi connectivity index (χ2n) is 12.4. The summed E-state index contributed by atoms with van der Waals surface area (Å²) in [5, 5.41) is 15.3. The van der Waals surface area contributed by atoms with Gasteiger partial charge in [0, 0.05) is 28.3 Å². The largest absolute Gasteiger partial charge is 2.00 e. The molecule has 324 valence electrons. The van der Waals surface area contributed by atoms with Crippen molar-refractivity contribution in [1.29, 1.82) is 0 Å². The van der Waals surface area contributed by atoms with Crippen molar-refractivity contribution in [2.75, 3.05) is 0 Å². The topological polar surface area (TPSA) is 180 Å². The third-order valence-electron chi connectivity index (χ3n) is 8.20. The zero-order valence-corrected chi connectivity index (χ0v) is 36.6. The first-order valence-electron chi connectivity index (χ1n) is 18.5. The Balaban J connectivity index is 0.000000318. The Kier molecular flexibility index (Phi) is 22.0. The average molecular weight is 981 g/mol. The van der Waals surface area contributed by atoms with E-state index in [9.17, 15) is 27.6 Å². The number of halogens is 3. The molecule has 6 aromatic rings. The van der Waals surface area contributed by atoms with Crippen molar-refractivity contribution in [3.8, 4) is 44.6 Å². The molecule has 0 aliphatic rings. The van der Waals surface area contributed by atoms with Crippen LogP contribution < -0.4 is 5.10 Å². The third kappa shape index (κ3) is 17.0. The molecule has 6 aromatic heterocycles. The molecule has 6 rings (SSSR count). The average Bonchev–Trinajstić information content (AvgIpc) is 3.98. The number of rotatable bonds is 18. The summed E-state index contributed by atoms with van der Waals surface area (Å²) in [5.41, 5.74) is 4.84. The Morgan fingerprint density at radius 3 is 1.76 bits per heavy atom. The molecule has 0 aromatic carbocycles. The minimum absolute atomic E-state index is 0. The van der Waals surface area contributed by atoms with Crippen LogP contribution in [0, 0.1) is 0 Å². The first-order chi connectivity index (χ1) is 30.1. The number of hydrogen-bond acceptors (Lipinski definition) is 13. The summed E-state index contributed by atoms with van der Waals surface area (Å²) < 4.78 is 51.9. The second-order valence-corrected chi connectivity index (χ2v) is 13.8. The van der Waals surface area contributed by atoms with Gasteiger partial charge in [-0.2, -0.15) is 18.3 Å². The minimum Gasteiger partial charge on any atom is -0.753 e. The smallest absolute Gasteiger partial charge is 0.753 e. The first kappa shape index (κ1) is 50.7. The molecule has 6 heterocycles. The maximum Gasteiger partial charge on any atom is 2.00 e. The van der Waals surface area contributed by atoms with E-state index in [4.69, 9.17) is 5.41 Å². The van der Waals surface area contributed by atoms with Crippen molar-refractivity contribution in [2.45, 2.75) is 45.2 Å². The van der Waals surface area contributed by atoms with Crippen LogP contribution in [0.15, 0.2) is 104 Å². The third-order valence-corrected chi connectivity index (χ3v) is 9.39. The molecule has 0 bridgehead atoms. The Labute approximate surface area is 382 Å². The van der Waals surface area contributed by atoms with Crippen LogP contribution in [0.4, 0.5) is 13.2 Å². The van der Waals surface area contributed by atoms with Gasteiger partial charge in [-0.05, 0) is 120 Å². The van der Waals surface area contributed by atoms with Gasteiger partial charge in [-0.15, -0.1) is 11.3 Å².